The van der Waals surface area contributed by atoms with Crippen LogP contribution in [0.1, 0.15) is 0 Å². The summed E-state index contributed by atoms with van der Waals surface area (Å²) in [5, 5.41) is 7.72. The van der Waals surface area contributed by atoms with Crippen LogP contribution in [0.2, 0.25) is 0 Å². The SMILES string of the molecule is NCC(=O)OOC(=O)O. The molecule has 52 valence electrons. The molecule has 0 spiro atoms. The first-order chi connectivity index (χ1) is 4.16. The molecule has 0 aliphatic carbocycles. The molecule has 3 N–H and O–H groups in total. The van der Waals surface area contributed by atoms with Gasteiger partial charge >= 0.3 is 12.1 Å². The van der Waals surface area contributed by atoms with Crippen LogP contribution in [-0.4, -0.2) is 23.8 Å². The van der Waals surface area contributed by atoms with Gasteiger partial charge in [0.2, 0.25) is 0 Å². The third kappa shape index (κ3) is 4.56. The number of carbonyl (C=O) groups is 2. The molecule has 0 unspecified atom stereocenters. The topological polar surface area (TPSA) is 98.9 Å². The fraction of sp³-hybridized carbons (Fsp3) is 0.333. The third-order valence-corrected chi connectivity index (χ3v) is 0.373. The van der Waals surface area contributed by atoms with Gasteiger partial charge < -0.3 is 10.8 Å². The first-order valence-corrected chi connectivity index (χ1v) is 1.97. The summed E-state index contributed by atoms with van der Waals surface area (Å²) in [5.74, 6) is -0.933. The normalized spacial score (nSPS) is 8.11. The average molecular weight is 135 g/mol. The lowest BCUT2D eigenvalue weighted by atomic mass is 10.7. The van der Waals surface area contributed by atoms with E-state index in [2.05, 4.69) is 9.78 Å². The van der Waals surface area contributed by atoms with Gasteiger partial charge in [0.15, 0.2) is 0 Å². The maximum Gasteiger partial charge on any atom is 0.547 e. The number of nitrogens with two attached hydrogens (primary N) is 1. The highest BCUT2D eigenvalue weighted by Crippen LogP contribution is 1.78. The molecule has 6 nitrogen and oxygen atoms in total. The summed E-state index contributed by atoms with van der Waals surface area (Å²) in [4.78, 5) is 26.4. The lowest BCUT2D eigenvalue weighted by molar-refractivity contribution is -0.239. The Labute approximate surface area is 50.1 Å². The van der Waals surface area contributed by atoms with Crippen molar-refractivity contribution in [1.29, 1.82) is 0 Å². The molecule has 0 aromatic carbocycles. The van der Waals surface area contributed by atoms with Crippen LogP contribution in [0.25, 0.3) is 0 Å². The fourth-order valence-corrected chi connectivity index (χ4v) is 0.116. The molecule has 0 saturated carbocycles. The molecule has 0 saturated heterocycles. The second kappa shape index (κ2) is 3.67. The first kappa shape index (κ1) is 7.70. The minimum Gasteiger partial charge on any atom is -0.447 e. The Kier molecular flexibility index (Phi) is 3.14. The Morgan fingerprint density at radius 1 is 1.44 bits per heavy atom. The van der Waals surface area contributed by atoms with E-state index in [0.717, 1.165) is 0 Å². The fourth-order valence-electron chi connectivity index (χ4n) is 0.116. The Hall–Kier alpha value is -1.30. The summed E-state index contributed by atoms with van der Waals surface area (Å²) in [7, 11) is 0. The Balaban J connectivity index is 3.28. The molecule has 0 atom stereocenters. The van der Waals surface area contributed by atoms with Gasteiger partial charge in [-0.25, -0.2) is 19.4 Å². The Morgan fingerprint density at radius 3 is 2.33 bits per heavy atom. The van der Waals surface area contributed by atoms with Crippen LogP contribution in [0, 0.1) is 0 Å². The van der Waals surface area contributed by atoms with Gasteiger partial charge in [0, 0.05) is 0 Å². The minimum atomic E-state index is -1.68. The zero-order valence-electron chi connectivity index (χ0n) is 4.36. The van der Waals surface area contributed by atoms with E-state index in [0.29, 0.717) is 0 Å². The highest BCUT2D eigenvalue weighted by molar-refractivity contribution is 5.71. The van der Waals surface area contributed by atoms with Crippen molar-refractivity contribution in [3.05, 3.63) is 0 Å². The summed E-state index contributed by atoms with van der Waals surface area (Å²) in [5.41, 5.74) is 4.71. The van der Waals surface area contributed by atoms with Crippen molar-refractivity contribution in [3.8, 4) is 0 Å². The van der Waals surface area contributed by atoms with Gasteiger partial charge in [-0.1, -0.05) is 0 Å². The molecule has 0 bridgehead atoms. The number of carboxylic acid groups (broad SMARTS) is 1. The van der Waals surface area contributed by atoms with Gasteiger partial charge in [-0.3, -0.25) is 0 Å². The number of hydrogen-bond acceptors (Lipinski definition) is 5. The number of hydrogen-bond donors (Lipinski definition) is 2. The van der Waals surface area contributed by atoms with Crippen molar-refractivity contribution in [3.63, 3.8) is 0 Å². The van der Waals surface area contributed by atoms with Crippen molar-refractivity contribution in [1.82, 2.24) is 0 Å². The minimum absolute atomic E-state index is 0.409. The first-order valence-electron chi connectivity index (χ1n) is 1.97. The number of carbonyl (C=O) groups excluding carboxylic acids is 1. The van der Waals surface area contributed by atoms with Crippen molar-refractivity contribution in [2.45, 2.75) is 0 Å². The smallest absolute Gasteiger partial charge is 0.447 e. The molecule has 0 rings (SSSR count). The summed E-state index contributed by atoms with van der Waals surface area (Å²) < 4.78 is 0. The predicted octanol–water partition coefficient (Wildman–Crippen LogP) is -0.902. The molecule has 0 aliphatic rings. The number of rotatable bonds is 1. The molecule has 0 aromatic rings. The maximum atomic E-state index is 9.98. The second-order valence-electron chi connectivity index (χ2n) is 1.01. The van der Waals surface area contributed by atoms with Gasteiger partial charge in [0.1, 0.15) is 0 Å². The van der Waals surface area contributed by atoms with E-state index in [1.54, 1.807) is 0 Å². The molecular weight excluding hydrogens is 130 g/mol. The summed E-state index contributed by atoms with van der Waals surface area (Å²) >= 11 is 0. The van der Waals surface area contributed by atoms with Crippen LogP contribution < -0.4 is 5.73 Å². The molecular formula is C3H5NO5. The monoisotopic (exact) mass is 135 g/mol. The lowest BCUT2D eigenvalue weighted by Gasteiger charge is -1.94. The van der Waals surface area contributed by atoms with Crippen molar-refractivity contribution >= 4 is 12.1 Å². The molecule has 0 aliphatic heterocycles. The van der Waals surface area contributed by atoms with Gasteiger partial charge in [-0.2, -0.15) is 0 Å². The van der Waals surface area contributed by atoms with Crippen LogP contribution in [-0.2, 0) is 14.6 Å². The lowest BCUT2D eigenvalue weighted by Crippen LogP contribution is -2.18. The van der Waals surface area contributed by atoms with Crippen LogP contribution in [0.3, 0.4) is 0 Å². The van der Waals surface area contributed by atoms with Crippen LogP contribution in [0.4, 0.5) is 4.79 Å². The van der Waals surface area contributed by atoms with Crippen molar-refractivity contribution in [2.75, 3.05) is 6.54 Å². The highest BCUT2D eigenvalue weighted by atomic mass is 17.2. The maximum absolute atomic E-state index is 9.98. The predicted molar refractivity (Wildman–Crippen MR) is 24.3 cm³/mol. The van der Waals surface area contributed by atoms with Crippen LogP contribution in [0.5, 0.6) is 0 Å². The van der Waals surface area contributed by atoms with Gasteiger partial charge in [0.25, 0.3) is 0 Å². The molecule has 9 heavy (non-hydrogen) atoms. The van der Waals surface area contributed by atoms with Crippen molar-refractivity contribution < 1.29 is 24.5 Å². The van der Waals surface area contributed by atoms with E-state index in [-0.39, 0.29) is 0 Å². The molecule has 0 fully saturated rings. The molecule has 6 heteroatoms. The van der Waals surface area contributed by atoms with E-state index in [9.17, 15) is 9.59 Å². The summed E-state index contributed by atoms with van der Waals surface area (Å²) in [6.45, 7) is -0.409. The zero-order chi connectivity index (χ0) is 7.28. The van der Waals surface area contributed by atoms with Crippen LogP contribution in [0.15, 0.2) is 0 Å². The molecule has 0 heterocycles. The quantitative estimate of drug-likeness (QED) is 0.357. The summed E-state index contributed by atoms with van der Waals surface area (Å²) in [6.07, 6.45) is -1.68. The largest absolute Gasteiger partial charge is 0.547 e. The van der Waals surface area contributed by atoms with Crippen molar-refractivity contribution in [2.24, 2.45) is 5.73 Å². The summed E-state index contributed by atoms with van der Waals surface area (Å²) in [6, 6.07) is 0. The zero-order valence-corrected chi connectivity index (χ0v) is 4.36. The standard InChI is InChI=1S/C3H5NO5/c4-1-2(5)8-9-3(6)7/h1,4H2,(H,6,7). The van der Waals surface area contributed by atoms with Crippen LogP contribution >= 0.6 is 0 Å². The van der Waals surface area contributed by atoms with Gasteiger partial charge in [0.05, 0.1) is 6.54 Å². The molecule has 0 aromatic heterocycles. The van der Waals surface area contributed by atoms with E-state index in [1.165, 1.54) is 0 Å². The van der Waals surface area contributed by atoms with E-state index >= 15 is 0 Å². The average Bonchev–Trinajstić information content (AvgIpc) is 1.83. The van der Waals surface area contributed by atoms with E-state index < -0.39 is 18.7 Å². The Morgan fingerprint density at radius 2 is 2.00 bits per heavy atom. The highest BCUT2D eigenvalue weighted by Gasteiger charge is 2.03. The Bertz CT molecular complexity index is 121. The van der Waals surface area contributed by atoms with Gasteiger partial charge in [-0.15, -0.1) is 0 Å². The van der Waals surface area contributed by atoms with E-state index in [1.807, 2.05) is 0 Å². The van der Waals surface area contributed by atoms with E-state index in [4.69, 9.17) is 10.8 Å². The third-order valence-electron chi connectivity index (χ3n) is 0.373. The van der Waals surface area contributed by atoms with Gasteiger partial charge in [-0.05, 0) is 0 Å². The molecule has 0 amide bonds. The second-order valence-corrected chi connectivity index (χ2v) is 1.01. The molecule has 0 radical (unpaired) electrons.